The van der Waals surface area contributed by atoms with Crippen LogP contribution < -0.4 is 21.5 Å². The Kier molecular flexibility index (Phi) is 8.21. The first kappa shape index (κ1) is 32.8. The third kappa shape index (κ3) is 5.17. The van der Waals surface area contributed by atoms with Gasteiger partial charge in [-0.25, -0.2) is 9.78 Å². The summed E-state index contributed by atoms with van der Waals surface area (Å²) in [6.07, 6.45) is 3.43. The summed E-state index contributed by atoms with van der Waals surface area (Å²) >= 11 is 7.19. The predicted octanol–water partition coefficient (Wildman–Crippen LogP) is 5.01. The lowest BCUT2D eigenvalue weighted by Gasteiger charge is -2.48. The van der Waals surface area contributed by atoms with E-state index in [1.165, 1.54) is 0 Å². The molecule has 1 fully saturated rings. The molecule has 0 spiro atoms. The van der Waals surface area contributed by atoms with E-state index in [2.05, 4.69) is 28.7 Å². The maximum absolute atomic E-state index is 14.9. The highest BCUT2D eigenvalue weighted by molar-refractivity contribution is 6.34. The van der Waals surface area contributed by atoms with E-state index < -0.39 is 11.6 Å². The lowest BCUT2D eigenvalue weighted by molar-refractivity contribution is -0.119. The number of carbonyl (C=O) groups is 1. The minimum atomic E-state index is -0.579. The number of ether oxygens (including phenoxy) is 1. The molecule has 13 heteroatoms. The van der Waals surface area contributed by atoms with Crippen LogP contribution in [0.25, 0.3) is 39.0 Å². The standard InChI is InChI=1S/C36H39ClN8O4/c1-8-13-49-17-43-16-25-34(46)41-29-31(44(25)15-21(43)6)22-14-23(37)28(26-19(4)9-10-24-32(26)42(7)36(48)39-24)40-33(22)45(35(29)47)30-20(5)11-12-38-27(30)18(2)3/h8-12,14,18,21,25H,1,13,15-17H2,2-7H3,(H,39,48)(H,41,46). The minimum absolute atomic E-state index is 0.00300. The second-order valence-corrected chi connectivity index (χ2v) is 13.7. The fourth-order valence-corrected chi connectivity index (χ4v) is 7.47. The number of hydrogen-bond donors (Lipinski definition) is 2. The van der Waals surface area contributed by atoms with Gasteiger partial charge in [0, 0.05) is 43.3 Å². The Hall–Kier alpha value is -4.78. The molecule has 1 aromatic carbocycles. The zero-order valence-corrected chi connectivity index (χ0v) is 29.2. The number of aryl methyl sites for hydroxylation is 3. The first-order valence-corrected chi connectivity index (χ1v) is 16.7. The number of fused-ring (bicyclic) bond motifs is 6. The van der Waals surface area contributed by atoms with Crippen LogP contribution in [0.3, 0.4) is 0 Å². The van der Waals surface area contributed by atoms with Crippen molar-refractivity contribution in [3.05, 3.63) is 85.8 Å². The van der Waals surface area contributed by atoms with Gasteiger partial charge in [-0.1, -0.05) is 37.6 Å². The van der Waals surface area contributed by atoms with Crippen LogP contribution in [0.2, 0.25) is 5.02 Å². The van der Waals surface area contributed by atoms with E-state index in [1.54, 1.807) is 28.5 Å². The van der Waals surface area contributed by atoms with E-state index in [1.807, 2.05) is 56.9 Å². The van der Waals surface area contributed by atoms with E-state index in [4.69, 9.17) is 26.3 Å². The number of anilines is 2. The maximum atomic E-state index is 14.9. The SMILES string of the molecule is C=CCOCN1CC2C(=O)Nc3c(c4cc(Cl)c(-c5c(C)ccc6[nH]c(=O)n(C)c56)nc4n(-c4c(C)ccnc4C(C)C)c3=O)N2CC1C. The summed E-state index contributed by atoms with van der Waals surface area (Å²) in [5.74, 6) is -0.296. The number of nitrogens with one attached hydrogen (secondary N) is 2. The number of aromatic nitrogens is 5. The highest BCUT2D eigenvalue weighted by atomic mass is 35.5. The molecule has 2 unspecified atom stereocenters. The first-order chi connectivity index (χ1) is 23.4. The molecule has 2 aliphatic heterocycles. The zero-order chi connectivity index (χ0) is 34.9. The molecule has 0 bridgehead atoms. The van der Waals surface area contributed by atoms with Gasteiger partial charge < -0.3 is 19.9 Å². The number of imidazole rings is 1. The number of piperazine rings is 1. The number of pyridine rings is 3. The van der Waals surface area contributed by atoms with Crippen molar-refractivity contribution in [2.24, 2.45) is 7.05 Å². The molecule has 6 heterocycles. The molecule has 2 atom stereocenters. The Morgan fingerprint density at radius 1 is 1.12 bits per heavy atom. The first-order valence-electron chi connectivity index (χ1n) is 16.4. The topological polar surface area (TPSA) is 130 Å². The number of nitrogens with zero attached hydrogens (tertiary/aromatic N) is 6. The van der Waals surface area contributed by atoms with Crippen molar-refractivity contribution in [3.8, 4) is 16.9 Å². The number of benzene rings is 1. The summed E-state index contributed by atoms with van der Waals surface area (Å²) < 4.78 is 8.85. The monoisotopic (exact) mass is 682 g/mol. The third-order valence-corrected chi connectivity index (χ3v) is 9.99. The third-order valence-electron chi connectivity index (χ3n) is 9.70. The van der Waals surface area contributed by atoms with E-state index in [-0.39, 0.29) is 29.2 Å². The number of hydrogen-bond acceptors (Lipinski definition) is 8. The summed E-state index contributed by atoms with van der Waals surface area (Å²) in [7, 11) is 1.70. The van der Waals surface area contributed by atoms with Crippen molar-refractivity contribution in [3.63, 3.8) is 0 Å². The second-order valence-electron chi connectivity index (χ2n) is 13.3. The molecule has 49 heavy (non-hydrogen) atoms. The van der Waals surface area contributed by atoms with Gasteiger partial charge in [0.05, 0.1) is 52.2 Å². The highest BCUT2D eigenvalue weighted by Gasteiger charge is 2.43. The molecule has 1 amide bonds. The maximum Gasteiger partial charge on any atom is 0.326 e. The molecule has 0 radical (unpaired) electrons. The van der Waals surface area contributed by atoms with Crippen LogP contribution in [-0.4, -0.2) is 73.4 Å². The second kappa shape index (κ2) is 12.3. The van der Waals surface area contributed by atoms with Crippen molar-refractivity contribution in [2.75, 3.05) is 36.6 Å². The number of halogens is 1. The fourth-order valence-electron chi connectivity index (χ4n) is 7.23. The molecule has 5 aromatic rings. The van der Waals surface area contributed by atoms with Crippen LogP contribution in [-0.2, 0) is 16.6 Å². The quantitative estimate of drug-likeness (QED) is 0.181. The lowest BCUT2D eigenvalue weighted by atomic mass is 9.98. The van der Waals surface area contributed by atoms with E-state index in [9.17, 15) is 14.4 Å². The van der Waals surface area contributed by atoms with Gasteiger partial charge in [0.15, 0.2) is 0 Å². The van der Waals surface area contributed by atoms with E-state index >= 15 is 0 Å². The molecule has 0 aliphatic carbocycles. The molecule has 4 aromatic heterocycles. The summed E-state index contributed by atoms with van der Waals surface area (Å²) in [6, 6.07) is 6.89. The summed E-state index contributed by atoms with van der Waals surface area (Å²) in [4.78, 5) is 58.4. The molecule has 12 nitrogen and oxygen atoms in total. The summed E-state index contributed by atoms with van der Waals surface area (Å²) in [5.41, 5.74) is 5.88. The van der Waals surface area contributed by atoms with Crippen molar-refractivity contribution < 1.29 is 9.53 Å². The molecule has 7 rings (SSSR count). The summed E-state index contributed by atoms with van der Waals surface area (Å²) in [5, 5.41) is 3.93. The van der Waals surface area contributed by atoms with Crippen LogP contribution in [0, 0.1) is 13.8 Å². The number of aromatic amines is 1. The van der Waals surface area contributed by atoms with Gasteiger partial charge in [-0.3, -0.25) is 28.6 Å². The fraction of sp³-hybridized carbons (Fsp3) is 0.361. The van der Waals surface area contributed by atoms with Crippen LogP contribution in [0.15, 0.2) is 52.7 Å². The average molecular weight is 683 g/mol. The Labute approximate surface area is 288 Å². The zero-order valence-electron chi connectivity index (χ0n) is 28.4. The smallest absolute Gasteiger partial charge is 0.326 e. The van der Waals surface area contributed by atoms with Crippen LogP contribution in [0.1, 0.15) is 43.5 Å². The van der Waals surface area contributed by atoms with Crippen molar-refractivity contribution >= 4 is 50.9 Å². The van der Waals surface area contributed by atoms with Gasteiger partial charge in [0.1, 0.15) is 17.4 Å². The molecule has 2 aliphatic rings. The van der Waals surface area contributed by atoms with Gasteiger partial charge in [0.25, 0.3) is 5.56 Å². The molecule has 254 valence electrons. The highest BCUT2D eigenvalue weighted by Crippen LogP contribution is 2.43. The molecular weight excluding hydrogens is 644 g/mol. The van der Waals surface area contributed by atoms with Gasteiger partial charge in [-0.2, -0.15) is 0 Å². The molecule has 0 saturated carbocycles. The number of H-pyrrole nitrogens is 1. The van der Waals surface area contributed by atoms with Crippen LogP contribution in [0.5, 0.6) is 0 Å². The van der Waals surface area contributed by atoms with Gasteiger partial charge in [-0.05, 0) is 56.0 Å². The largest absolute Gasteiger partial charge is 0.362 e. The average Bonchev–Trinajstić information content (AvgIpc) is 3.35. The molecule has 1 saturated heterocycles. The van der Waals surface area contributed by atoms with Crippen molar-refractivity contribution in [1.29, 1.82) is 0 Å². The number of amides is 1. The lowest BCUT2D eigenvalue weighted by Crippen LogP contribution is -2.63. The molecular formula is C36H39ClN8O4. The Morgan fingerprint density at radius 2 is 1.90 bits per heavy atom. The minimum Gasteiger partial charge on any atom is -0.362 e. The van der Waals surface area contributed by atoms with Gasteiger partial charge >= 0.3 is 5.69 Å². The van der Waals surface area contributed by atoms with Crippen molar-refractivity contribution in [2.45, 2.75) is 52.6 Å². The van der Waals surface area contributed by atoms with Crippen LogP contribution >= 0.6 is 11.6 Å². The number of rotatable bonds is 7. The van der Waals surface area contributed by atoms with E-state index in [0.29, 0.717) is 76.1 Å². The predicted molar refractivity (Wildman–Crippen MR) is 193 cm³/mol. The van der Waals surface area contributed by atoms with Gasteiger partial charge in [0.2, 0.25) is 5.91 Å². The van der Waals surface area contributed by atoms with Gasteiger partial charge in [-0.15, -0.1) is 6.58 Å². The van der Waals surface area contributed by atoms with Crippen molar-refractivity contribution in [1.82, 2.24) is 29.0 Å². The number of carbonyl (C=O) groups excluding carboxylic acids is 1. The Morgan fingerprint density at radius 3 is 2.63 bits per heavy atom. The normalized spacial score (nSPS) is 17.9. The Bertz CT molecular complexity index is 2310. The summed E-state index contributed by atoms with van der Waals surface area (Å²) in [6.45, 7) is 15.3. The Balaban J connectivity index is 1.56. The molecule has 2 N–H and O–H groups in total. The van der Waals surface area contributed by atoms with Crippen LogP contribution in [0.4, 0.5) is 11.4 Å². The van der Waals surface area contributed by atoms with E-state index in [0.717, 1.165) is 16.8 Å².